The minimum atomic E-state index is 0.126. The average molecular weight is 342 g/mol. The Bertz CT molecular complexity index is 522. The maximum Gasteiger partial charge on any atom is 0.0586 e. The molecule has 1 nitrogen and oxygen atoms in total. The molecular formula is C14H16BrNS2. The number of halogens is 1. The van der Waals surface area contributed by atoms with Gasteiger partial charge in [0.15, 0.2) is 0 Å². The molecule has 1 aromatic heterocycles. The summed E-state index contributed by atoms with van der Waals surface area (Å²) in [5.74, 6) is 0. The van der Waals surface area contributed by atoms with E-state index >= 15 is 0 Å². The summed E-state index contributed by atoms with van der Waals surface area (Å²) in [7, 11) is 0. The smallest absolute Gasteiger partial charge is 0.0586 e. The minimum Gasteiger partial charge on any atom is -0.327 e. The fraction of sp³-hybridized carbons (Fsp3) is 0.286. The summed E-state index contributed by atoms with van der Waals surface area (Å²) in [4.78, 5) is 2.60. The van der Waals surface area contributed by atoms with E-state index in [0.29, 0.717) is 5.25 Å². The number of aryl methyl sites for hydroxylation is 1. The lowest BCUT2D eigenvalue weighted by atomic mass is 10.2. The van der Waals surface area contributed by atoms with Crippen LogP contribution in [0.4, 0.5) is 0 Å². The molecule has 1 heterocycles. The number of hydrogen-bond donors (Lipinski definition) is 1. The zero-order valence-corrected chi connectivity index (χ0v) is 13.6. The van der Waals surface area contributed by atoms with Crippen LogP contribution in [0.1, 0.15) is 22.6 Å². The molecule has 4 heteroatoms. The highest BCUT2D eigenvalue weighted by atomic mass is 79.9. The van der Waals surface area contributed by atoms with E-state index in [4.69, 9.17) is 5.73 Å². The second kappa shape index (κ2) is 6.24. The average Bonchev–Trinajstić information content (AvgIpc) is 2.72. The Hall–Kier alpha value is -0.290. The van der Waals surface area contributed by atoms with Gasteiger partial charge in [0.25, 0.3) is 0 Å². The summed E-state index contributed by atoms with van der Waals surface area (Å²) in [6.45, 7) is 4.19. The molecule has 0 bridgehead atoms. The monoisotopic (exact) mass is 341 g/mol. The molecule has 0 fully saturated rings. The van der Waals surface area contributed by atoms with Gasteiger partial charge in [0, 0.05) is 25.7 Å². The maximum atomic E-state index is 6.13. The van der Waals surface area contributed by atoms with Crippen molar-refractivity contribution in [3.05, 3.63) is 50.6 Å². The van der Waals surface area contributed by atoms with Crippen LogP contribution >= 0.6 is 39.0 Å². The molecule has 0 spiro atoms. The lowest BCUT2D eigenvalue weighted by Gasteiger charge is -2.19. The summed E-state index contributed by atoms with van der Waals surface area (Å²) in [5, 5.41) is 2.42. The normalized spacial score (nSPS) is 14.4. The summed E-state index contributed by atoms with van der Waals surface area (Å²) in [5.41, 5.74) is 7.42. The van der Waals surface area contributed by atoms with Crippen LogP contribution in [0.2, 0.25) is 0 Å². The van der Waals surface area contributed by atoms with Crippen molar-refractivity contribution in [3.63, 3.8) is 0 Å². The van der Waals surface area contributed by atoms with E-state index in [-0.39, 0.29) is 6.04 Å². The van der Waals surface area contributed by atoms with E-state index in [9.17, 15) is 0 Å². The second-order valence-corrected chi connectivity index (χ2v) is 7.45. The van der Waals surface area contributed by atoms with Gasteiger partial charge in [0.2, 0.25) is 0 Å². The Balaban J connectivity index is 2.22. The van der Waals surface area contributed by atoms with Gasteiger partial charge in [-0.25, -0.2) is 0 Å². The predicted molar refractivity (Wildman–Crippen MR) is 85.4 cm³/mol. The van der Waals surface area contributed by atoms with Gasteiger partial charge >= 0.3 is 0 Å². The van der Waals surface area contributed by atoms with Gasteiger partial charge < -0.3 is 5.73 Å². The summed E-state index contributed by atoms with van der Waals surface area (Å²) < 4.78 is 1.14. The van der Waals surface area contributed by atoms with E-state index in [1.165, 1.54) is 15.3 Å². The lowest BCUT2D eigenvalue weighted by Crippen LogP contribution is -2.21. The zero-order valence-electron chi connectivity index (χ0n) is 10.4. The second-order valence-electron chi connectivity index (χ2n) is 4.38. The summed E-state index contributed by atoms with van der Waals surface area (Å²) in [6, 6.07) is 10.9. The molecule has 0 amide bonds. The first-order valence-corrected chi connectivity index (χ1v) is 8.34. The van der Waals surface area contributed by atoms with Gasteiger partial charge in [-0.1, -0.05) is 17.7 Å². The molecule has 18 heavy (non-hydrogen) atoms. The van der Waals surface area contributed by atoms with E-state index in [0.717, 1.165) is 4.47 Å². The highest BCUT2D eigenvalue weighted by Gasteiger charge is 2.19. The highest BCUT2D eigenvalue weighted by molar-refractivity contribution is 9.10. The Kier molecular flexibility index (Phi) is 4.90. The van der Waals surface area contributed by atoms with Crippen LogP contribution in [0.25, 0.3) is 0 Å². The van der Waals surface area contributed by atoms with Crippen LogP contribution in [0, 0.1) is 6.92 Å². The third-order valence-electron chi connectivity index (χ3n) is 2.60. The van der Waals surface area contributed by atoms with Crippen molar-refractivity contribution in [3.8, 4) is 0 Å². The van der Waals surface area contributed by atoms with Gasteiger partial charge in [-0.15, -0.1) is 23.1 Å². The molecule has 1 aromatic carbocycles. The molecule has 0 saturated carbocycles. The summed E-state index contributed by atoms with van der Waals surface area (Å²) >= 11 is 7.11. The number of rotatable bonds is 4. The SMILES string of the molecule is Cc1cccc(SC(c2cc(Br)cs2)C(C)N)c1. The highest BCUT2D eigenvalue weighted by Crippen LogP contribution is 2.40. The van der Waals surface area contributed by atoms with Gasteiger partial charge in [-0.3, -0.25) is 0 Å². The minimum absolute atomic E-state index is 0.126. The molecule has 2 N–H and O–H groups in total. The van der Waals surface area contributed by atoms with E-state index < -0.39 is 0 Å². The first kappa shape index (κ1) is 14.1. The van der Waals surface area contributed by atoms with Crippen LogP contribution in [-0.2, 0) is 0 Å². The third kappa shape index (κ3) is 3.60. The first-order chi connectivity index (χ1) is 8.56. The third-order valence-corrected chi connectivity index (χ3v) is 5.99. The Labute approximate surface area is 125 Å². The maximum absolute atomic E-state index is 6.13. The largest absolute Gasteiger partial charge is 0.327 e. The topological polar surface area (TPSA) is 26.0 Å². The quantitative estimate of drug-likeness (QED) is 0.792. The number of nitrogens with two attached hydrogens (primary N) is 1. The fourth-order valence-corrected chi connectivity index (χ4v) is 4.69. The molecule has 0 aliphatic heterocycles. The summed E-state index contributed by atoms with van der Waals surface area (Å²) in [6.07, 6.45) is 0. The molecule has 0 aliphatic rings. The van der Waals surface area contributed by atoms with Gasteiger partial charge in [-0.05, 0) is 48.0 Å². The van der Waals surface area contributed by atoms with Crippen molar-refractivity contribution in [1.82, 2.24) is 0 Å². The van der Waals surface area contributed by atoms with E-state index in [2.05, 4.69) is 65.5 Å². The van der Waals surface area contributed by atoms with E-state index in [1.807, 2.05) is 11.8 Å². The fourth-order valence-electron chi connectivity index (χ4n) is 1.74. The molecule has 2 rings (SSSR count). The van der Waals surface area contributed by atoms with Gasteiger partial charge in [0.05, 0.1) is 5.25 Å². The molecule has 0 radical (unpaired) electrons. The van der Waals surface area contributed by atoms with Crippen LogP contribution in [0.5, 0.6) is 0 Å². The molecule has 2 aromatic rings. The Morgan fingerprint density at radius 2 is 2.11 bits per heavy atom. The lowest BCUT2D eigenvalue weighted by molar-refractivity contribution is 0.730. The van der Waals surface area contributed by atoms with Crippen molar-refractivity contribution >= 4 is 39.0 Å². The van der Waals surface area contributed by atoms with Crippen LogP contribution in [0.3, 0.4) is 0 Å². The number of thiophene rings is 1. The number of benzene rings is 1. The molecule has 2 unspecified atom stereocenters. The van der Waals surface area contributed by atoms with Crippen LogP contribution in [0.15, 0.2) is 45.1 Å². The van der Waals surface area contributed by atoms with Gasteiger partial charge in [0.1, 0.15) is 0 Å². The Morgan fingerprint density at radius 3 is 2.67 bits per heavy atom. The predicted octanol–water partition coefficient (Wildman–Crippen LogP) is 5.00. The number of hydrogen-bond acceptors (Lipinski definition) is 3. The van der Waals surface area contributed by atoms with Crippen LogP contribution < -0.4 is 5.73 Å². The zero-order chi connectivity index (χ0) is 13.1. The van der Waals surface area contributed by atoms with Gasteiger partial charge in [-0.2, -0.15) is 0 Å². The number of thioether (sulfide) groups is 1. The Morgan fingerprint density at radius 1 is 1.33 bits per heavy atom. The van der Waals surface area contributed by atoms with Crippen molar-refractivity contribution in [2.75, 3.05) is 0 Å². The molecular weight excluding hydrogens is 326 g/mol. The molecule has 96 valence electrons. The molecule has 0 saturated heterocycles. The van der Waals surface area contributed by atoms with Crippen molar-refractivity contribution in [2.24, 2.45) is 5.73 Å². The first-order valence-electron chi connectivity index (χ1n) is 5.79. The molecule has 2 atom stereocenters. The standard InChI is InChI=1S/C14H16BrNS2/c1-9-4-3-5-12(6-9)18-14(10(2)16)13-7-11(15)8-17-13/h3-8,10,14H,16H2,1-2H3. The molecule has 0 aliphatic carbocycles. The van der Waals surface area contributed by atoms with Crippen LogP contribution in [-0.4, -0.2) is 6.04 Å². The van der Waals surface area contributed by atoms with Crippen molar-refractivity contribution in [1.29, 1.82) is 0 Å². The van der Waals surface area contributed by atoms with Crippen molar-refractivity contribution < 1.29 is 0 Å². The van der Waals surface area contributed by atoms with Crippen molar-refractivity contribution in [2.45, 2.75) is 30.0 Å². The van der Waals surface area contributed by atoms with E-state index in [1.54, 1.807) is 11.3 Å².